The van der Waals surface area contributed by atoms with Gasteiger partial charge in [-0.3, -0.25) is 0 Å². The molecule has 0 aromatic heterocycles. The van der Waals surface area contributed by atoms with Gasteiger partial charge in [0.05, 0.1) is 0 Å². The van der Waals surface area contributed by atoms with Gasteiger partial charge in [0, 0.05) is 38.0 Å². The number of rotatable bonds is 3. The van der Waals surface area contributed by atoms with E-state index in [1.165, 1.54) is 11.3 Å². The Hall–Kier alpha value is -1.06. The number of aliphatic hydroxyl groups excluding tert-OH is 1. The van der Waals surface area contributed by atoms with Crippen LogP contribution in [0, 0.1) is 12.3 Å². The first kappa shape index (κ1) is 14.4. The molecule has 2 rings (SSSR count). The quantitative estimate of drug-likeness (QED) is 0.876. The van der Waals surface area contributed by atoms with Crippen molar-refractivity contribution in [1.29, 1.82) is 0 Å². The number of aryl methyl sites for hydroxylation is 1. The van der Waals surface area contributed by atoms with Gasteiger partial charge in [0.15, 0.2) is 0 Å². The van der Waals surface area contributed by atoms with Gasteiger partial charge in [-0.05, 0) is 36.5 Å². The molecule has 106 valence electrons. The van der Waals surface area contributed by atoms with Crippen molar-refractivity contribution in [3.8, 4) is 0 Å². The maximum absolute atomic E-state index is 9.18. The molecule has 1 saturated heterocycles. The second-order valence-electron chi connectivity index (χ2n) is 6.47. The van der Waals surface area contributed by atoms with E-state index in [1.807, 2.05) is 0 Å². The van der Waals surface area contributed by atoms with Crippen molar-refractivity contribution in [2.24, 2.45) is 5.41 Å². The summed E-state index contributed by atoms with van der Waals surface area (Å²) in [5.74, 6) is 0. The fraction of sp³-hybridized carbons (Fsp3) is 0.625. The standard InChI is InChI=1S/C16H26N2O/c1-13-5-4-6-15(9-13)18-10-14(7-8-19)17-11-16(2,3)12-18/h4-6,9,14,17,19H,7-8,10-12H2,1-3H3. The third-order valence-corrected chi connectivity index (χ3v) is 3.77. The number of nitrogens with one attached hydrogen (secondary N) is 1. The average molecular weight is 262 g/mol. The Bertz CT molecular complexity index is 417. The Morgan fingerprint density at radius 1 is 1.42 bits per heavy atom. The van der Waals surface area contributed by atoms with Crippen LogP contribution in [0.3, 0.4) is 0 Å². The first-order valence-electron chi connectivity index (χ1n) is 7.16. The topological polar surface area (TPSA) is 35.5 Å². The predicted molar refractivity (Wildman–Crippen MR) is 80.7 cm³/mol. The van der Waals surface area contributed by atoms with E-state index in [0.29, 0.717) is 6.04 Å². The van der Waals surface area contributed by atoms with Gasteiger partial charge in [0.25, 0.3) is 0 Å². The van der Waals surface area contributed by atoms with Crippen molar-refractivity contribution in [2.75, 3.05) is 31.1 Å². The van der Waals surface area contributed by atoms with Gasteiger partial charge in [-0.15, -0.1) is 0 Å². The number of hydrogen-bond acceptors (Lipinski definition) is 3. The Labute approximate surface area is 116 Å². The molecule has 1 aliphatic heterocycles. The second-order valence-corrected chi connectivity index (χ2v) is 6.47. The maximum atomic E-state index is 9.18. The zero-order valence-corrected chi connectivity index (χ0v) is 12.3. The molecule has 1 unspecified atom stereocenters. The molecule has 3 heteroatoms. The molecule has 3 nitrogen and oxygen atoms in total. The normalized spacial score (nSPS) is 23.2. The highest BCUT2D eigenvalue weighted by Gasteiger charge is 2.28. The van der Waals surface area contributed by atoms with Gasteiger partial charge < -0.3 is 15.3 Å². The van der Waals surface area contributed by atoms with E-state index in [0.717, 1.165) is 26.1 Å². The SMILES string of the molecule is Cc1cccc(N2CC(CCO)NCC(C)(C)C2)c1. The van der Waals surface area contributed by atoms with Crippen LogP contribution in [0.5, 0.6) is 0 Å². The van der Waals surface area contributed by atoms with E-state index < -0.39 is 0 Å². The molecule has 0 amide bonds. The van der Waals surface area contributed by atoms with E-state index in [1.54, 1.807) is 0 Å². The molecular formula is C16H26N2O. The summed E-state index contributed by atoms with van der Waals surface area (Å²) in [4.78, 5) is 2.45. The maximum Gasteiger partial charge on any atom is 0.0446 e. The summed E-state index contributed by atoms with van der Waals surface area (Å²) in [5, 5.41) is 12.8. The molecule has 1 aromatic carbocycles. The molecule has 0 aliphatic carbocycles. The summed E-state index contributed by atoms with van der Waals surface area (Å²) in [5.41, 5.74) is 2.83. The molecule has 0 spiro atoms. The van der Waals surface area contributed by atoms with Crippen LogP contribution in [-0.4, -0.2) is 37.4 Å². The predicted octanol–water partition coefficient (Wildman–Crippen LogP) is 2.18. The molecule has 1 fully saturated rings. The smallest absolute Gasteiger partial charge is 0.0446 e. The molecule has 0 bridgehead atoms. The van der Waals surface area contributed by atoms with Crippen LogP contribution >= 0.6 is 0 Å². The van der Waals surface area contributed by atoms with Gasteiger partial charge in [0.2, 0.25) is 0 Å². The Morgan fingerprint density at radius 2 is 2.21 bits per heavy atom. The van der Waals surface area contributed by atoms with Crippen LogP contribution in [0.15, 0.2) is 24.3 Å². The minimum Gasteiger partial charge on any atom is -0.396 e. The molecule has 1 atom stereocenters. The van der Waals surface area contributed by atoms with Crippen LogP contribution in [0.1, 0.15) is 25.8 Å². The van der Waals surface area contributed by atoms with E-state index >= 15 is 0 Å². The summed E-state index contributed by atoms with van der Waals surface area (Å²) in [6, 6.07) is 9.06. The van der Waals surface area contributed by atoms with Crippen molar-refractivity contribution in [3.63, 3.8) is 0 Å². The molecular weight excluding hydrogens is 236 g/mol. The molecule has 1 aliphatic rings. The van der Waals surface area contributed by atoms with Crippen LogP contribution in [0.4, 0.5) is 5.69 Å². The first-order chi connectivity index (χ1) is 9.00. The Balaban J connectivity index is 2.20. The molecule has 0 radical (unpaired) electrons. The fourth-order valence-electron chi connectivity index (χ4n) is 2.76. The van der Waals surface area contributed by atoms with Gasteiger partial charge in [-0.2, -0.15) is 0 Å². The molecule has 1 aromatic rings. The van der Waals surface area contributed by atoms with E-state index in [4.69, 9.17) is 0 Å². The van der Waals surface area contributed by atoms with Crippen LogP contribution in [0.2, 0.25) is 0 Å². The lowest BCUT2D eigenvalue weighted by Gasteiger charge is -2.31. The van der Waals surface area contributed by atoms with Crippen molar-refractivity contribution < 1.29 is 5.11 Å². The fourth-order valence-corrected chi connectivity index (χ4v) is 2.76. The molecule has 2 N–H and O–H groups in total. The monoisotopic (exact) mass is 262 g/mol. The summed E-state index contributed by atoms with van der Waals surface area (Å²) in [6.45, 7) is 9.99. The number of anilines is 1. The summed E-state index contributed by atoms with van der Waals surface area (Å²) >= 11 is 0. The van der Waals surface area contributed by atoms with Gasteiger partial charge in [-0.1, -0.05) is 26.0 Å². The zero-order valence-electron chi connectivity index (χ0n) is 12.3. The molecule has 1 heterocycles. The largest absolute Gasteiger partial charge is 0.396 e. The average Bonchev–Trinajstić information content (AvgIpc) is 2.49. The van der Waals surface area contributed by atoms with Gasteiger partial charge in [0.1, 0.15) is 0 Å². The van der Waals surface area contributed by atoms with Crippen LogP contribution in [-0.2, 0) is 0 Å². The van der Waals surface area contributed by atoms with E-state index in [9.17, 15) is 5.11 Å². The minimum absolute atomic E-state index is 0.244. The van der Waals surface area contributed by atoms with Crippen LogP contribution in [0.25, 0.3) is 0 Å². The highest BCUT2D eigenvalue weighted by atomic mass is 16.3. The van der Waals surface area contributed by atoms with Crippen molar-refractivity contribution in [1.82, 2.24) is 5.32 Å². The lowest BCUT2D eigenvalue weighted by atomic mass is 9.93. The lowest BCUT2D eigenvalue weighted by Crippen LogP contribution is -2.38. The number of nitrogens with zero attached hydrogens (tertiary/aromatic N) is 1. The number of aliphatic hydroxyl groups is 1. The Kier molecular flexibility index (Phi) is 4.48. The third kappa shape index (κ3) is 3.95. The highest BCUT2D eigenvalue weighted by Crippen LogP contribution is 2.25. The molecule has 0 saturated carbocycles. The second kappa shape index (κ2) is 5.93. The highest BCUT2D eigenvalue weighted by molar-refractivity contribution is 5.49. The summed E-state index contributed by atoms with van der Waals surface area (Å²) < 4.78 is 0. The third-order valence-electron chi connectivity index (χ3n) is 3.77. The summed E-state index contributed by atoms with van der Waals surface area (Å²) in [6.07, 6.45) is 0.818. The lowest BCUT2D eigenvalue weighted by molar-refractivity contribution is 0.263. The van der Waals surface area contributed by atoms with Gasteiger partial charge >= 0.3 is 0 Å². The van der Waals surface area contributed by atoms with E-state index in [-0.39, 0.29) is 12.0 Å². The van der Waals surface area contributed by atoms with Crippen molar-refractivity contribution in [3.05, 3.63) is 29.8 Å². The number of benzene rings is 1. The summed E-state index contributed by atoms with van der Waals surface area (Å²) in [7, 11) is 0. The van der Waals surface area contributed by atoms with Gasteiger partial charge in [-0.25, -0.2) is 0 Å². The Morgan fingerprint density at radius 3 is 2.89 bits per heavy atom. The minimum atomic E-state index is 0.244. The zero-order chi connectivity index (χ0) is 13.9. The van der Waals surface area contributed by atoms with Crippen molar-refractivity contribution >= 4 is 5.69 Å². The van der Waals surface area contributed by atoms with E-state index in [2.05, 4.69) is 55.3 Å². The first-order valence-corrected chi connectivity index (χ1v) is 7.16. The van der Waals surface area contributed by atoms with Crippen LogP contribution < -0.4 is 10.2 Å². The van der Waals surface area contributed by atoms with Crippen molar-refractivity contribution in [2.45, 2.75) is 33.2 Å². The molecule has 19 heavy (non-hydrogen) atoms. The number of hydrogen-bond donors (Lipinski definition) is 2.